The van der Waals surface area contributed by atoms with Crippen LogP contribution < -0.4 is 11.1 Å². The Labute approximate surface area is 119 Å². The molecule has 0 aromatic rings. The van der Waals surface area contributed by atoms with Gasteiger partial charge in [0.25, 0.3) is 0 Å². The molecule has 1 aliphatic carbocycles. The summed E-state index contributed by atoms with van der Waals surface area (Å²) < 4.78 is 0. The van der Waals surface area contributed by atoms with E-state index in [1.165, 1.54) is 44.9 Å². The van der Waals surface area contributed by atoms with E-state index >= 15 is 0 Å². The van der Waals surface area contributed by atoms with Crippen LogP contribution in [0, 0.1) is 5.92 Å². The van der Waals surface area contributed by atoms with Crippen LogP contribution >= 0.6 is 0 Å². The fourth-order valence-electron chi connectivity index (χ4n) is 3.55. The quantitative estimate of drug-likeness (QED) is 0.594. The first-order valence-corrected chi connectivity index (χ1v) is 8.28. The van der Waals surface area contributed by atoms with Crippen LogP contribution in [0.2, 0.25) is 0 Å². The molecule has 3 nitrogen and oxygen atoms in total. The van der Waals surface area contributed by atoms with Gasteiger partial charge in [-0.2, -0.15) is 0 Å². The van der Waals surface area contributed by atoms with Crippen molar-refractivity contribution in [3.63, 3.8) is 0 Å². The van der Waals surface area contributed by atoms with Crippen molar-refractivity contribution < 1.29 is 5.11 Å². The second-order valence-electron chi connectivity index (χ2n) is 6.33. The van der Waals surface area contributed by atoms with Crippen molar-refractivity contribution in [2.75, 3.05) is 13.2 Å². The summed E-state index contributed by atoms with van der Waals surface area (Å²) in [6.45, 7) is 5.47. The summed E-state index contributed by atoms with van der Waals surface area (Å²) in [7, 11) is 0. The fraction of sp³-hybridized carbons (Fsp3) is 1.00. The van der Waals surface area contributed by atoms with Gasteiger partial charge in [-0.3, -0.25) is 0 Å². The predicted octanol–water partition coefficient (Wildman–Crippen LogP) is 2.81. The lowest BCUT2D eigenvalue weighted by Crippen LogP contribution is -2.55. The maximum Gasteiger partial charge on any atom is 0.0445 e. The molecular weight excluding hydrogens is 236 g/mol. The Balaban J connectivity index is 2.58. The highest BCUT2D eigenvalue weighted by molar-refractivity contribution is 4.94. The summed E-state index contributed by atoms with van der Waals surface area (Å²) in [6, 6.07) is 0.413. The third-order valence-electron chi connectivity index (χ3n) is 4.87. The molecule has 0 aromatic heterocycles. The first kappa shape index (κ1) is 16.9. The molecule has 0 bridgehead atoms. The van der Waals surface area contributed by atoms with Crippen molar-refractivity contribution >= 4 is 0 Å². The fourth-order valence-corrected chi connectivity index (χ4v) is 3.55. The van der Waals surface area contributed by atoms with Gasteiger partial charge >= 0.3 is 0 Å². The van der Waals surface area contributed by atoms with Crippen molar-refractivity contribution in [3.05, 3.63) is 0 Å². The van der Waals surface area contributed by atoms with Crippen LogP contribution in [0.1, 0.15) is 71.6 Å². The highest BCUT2D eigenvalue weighted by atomic mass is 16.3. The molecule has 0 saturated heterocycles. The van der Waals surface area contributed by atoms with E-state index in [0.29, 0.717) is 6.04 Å². The number of aliphatic hydroxyl groups excluding tert-OH is 1. The minimum atomic E-state index is 0.123. The number of aliphatic hydroxyl groups is 1. The number of nitrogens with one attached hydrogen (secondary N) is 1. The van der Waals surface area contributed by atoms with Crippen LogP contribution in [-0.2, 0) is 0 Å². The smallest absolute Gasteiger partial charge is 0.0445 e. The lowest BCUT2D eigenvalue weighted by atomic mass is 9.87. The molecule has 4 N–H and O–H groups in total. The Hall–Kier alpha value is -0.120. The van der Waals surface area contributed by atoms with Crippen LogP contribution in [0.4, 0.5) is 0 Å². The highest BCUT2D eigenvalue weighted by Gasteiger charge is 2.33. The zero-order valence-electron chi connectivity index (χ0n) is 13.0. The Kier molecular flexibility index (Phi) is 7.96. The van der Waals surface area contributed by atoms with Gasteiger partial charge in [0.15, 0.2) is 0 Å². The van der Waals surface area contributed by atoms with E-state index in [9.17, 15) is 0 Å². The molecule has 0 aromatic carbocycles. The van der Waals surface area contributed by atoms with Gasteiger partial charge in [-0.15, -0.1) is 0 Å². The van der Waals surface area contributed by atoms with Crippen LogP contribution in [-0.4, -0.2) is 29.8 Å². The summed E-state index contributed by atoms with van der Waals surface area (Å²) in [5, 5.41) is 12.9. The highest BCUT2D eigenvalue weighted by Crippen LogP contribution is 2.32. The molecule has 1 rings (SSSR count). The molecule has 3 unspecified atom stereocenters. The summed E-state index contributed by atoms with van der Waals surface area (Å²) in [5.41, 5.74) is 6.22. The van der Waals surface area contributed by atoms with Gasteiger partial charge in [-0.25, -0.2) is 0 Å². The standard InChI is InChI=1S/C16H34N2O/c1-3-6-14-7-5-10-16(13-17,11-8-14)18-15(4-2)9-12-19/h14-15,18-19H,3-13,17H2,1-2H3. The number of hydrogen-bond acceptors (Lipinski definition) is 3. The zero-order chi connectivity index (χ0) is 14.1. The summed E-state index contributed by atoms with van der Waals surface area (Å²) in [5.74, 6) is 0.901. The Bertz CT molecular complexity index is 235. The first-order chi connectivity index (χ1) is 9.19. The van der Waals surface area contributed by atoms with Crippen molar-refractivity contribution in [2.45, 2.75) is 83.2 Å². The molecule has 1 saturated carbocycles. The number of rotatable bonds is 8. The molecule has 0 heterocycles. The molecule has 3 atom stereocenters. The van der Waals surface area contributed by atoms with Crippen LogP contribution in [0.3, 0.4) is 0 Å². The predicted molar refractivity (Wildman–Crippen MR) is 82.2 cm³/mol. The summed E-state index contributed by atoms with van der Waals surface area (Å²) in [4.78, 5) is 0. The molecule has 19 heavy (non-hydrogen) atoms. The average Bonchev–Trinajstić information content (AvgIpc) is 2.62. The van der Waals surface area contributed by atoms with Gasteiger partial charge in [0.2, 0.25) is 0 Å². The Morgan fingerprint density at radius 3 is 2.68 bits per heavy atom. The second-order valence-corrected chi connectivity index (χ2v) is 6.33. The summed E-state index contributed by atoms with van der Waals surface area (Å²) >= 11 is 0. The topological polar surface area (TPSA) is 58.3 Å². The Morgan fingerprint density at radius 2 is 2.11 bits per heavy atom. The van der Waals surface area contributed by atoms with E-state index in [1.54, 1.807) is 0 Å². The lowest BCUT2D eigenvalue weighted by molar-refractivity contribution is 0.210. The van der Waals surface area contributed by atoms with E-state index in [4.69, 9.17) is 10.8 Å². The van der Waals surface area contributed by atoms with E-state index in [2.05, 4.69) is 19.2 Å². The van der Waals surface area contributed by atoms with Gasteiger partial charge < -0.3 is 16.2 Å². The minimum absolute atomic E-state index is 0.123. The molecule has 114 valence electrons. The van der Waals surface area contributed by atoms with Crippen molar-refractivity contribution in [2.24, 2.45) is 11.7 Å². The lowest BCUT2D eigenvalue weighted by Gasteiger charge is -2.37. The van der Waals surface area contributed by atoms with Crippen molar-refractivity contribution in [1.82, 2.24) is 5.32 Å². The zero-order valence-corrected chi connectivity index (χ0v) is 13.0. The monoisotopic (exact) mass is 270 g/mol. The van der Waals surface area contributed by atoms with E-state index in [-0.39, 0.29) is 12.1 Å². The largest absolute Gasteiger partial charge is 0.396 e. The van der Waals surface area contributed by atoms with Gasteiger partial charge in [0.05, 0.1) is 0 Å². The number of nitrogens with two attached hydrogens (primary N) is 1. The molecule has 3 heteroatoms. The average molecular weight is 270 g/mol. The minimum Gasteiger partial charge on any atom is -0.396 e. The maximum absolute atomic E-state index is 9.15. The molecule has 0 aliphatic heterocycles. The molecule has 0 amide bonds. The van der Waals surface area contributed by atoms with Crippen LogP contribution in [0.5, 0.6) is 0 Å². The van der Waals surface area contributed by atoms with Crippen molar-refractivity contribution in [1.29, 1.82) is 0 Å². The summed E-state index contributed by atoms with van der Waals surface area (Å²) in [6.07, 6.45) is 11.0. The molecule has 1 aliphatic rings. The molecule has 0 spiro atoms. The van der Waals surface area contributed by atoms with E-state index < -0.39 is 0 Å². The van der Waals surface area contributed by atoms with Gasteiger partial charge in [0.1, 0.15) is 0 Å². The third kappa shape index (κ3) is 5.41. The SMILES string of the molecule is CCCC1CCCC(CN)(NC(CC)CCO)CC1. The van der Waals surface area contributed by atoms with E-state index in [1.807, 2.05) is 0 Å². The molecule has 0 radical (unpaired) electrons. The number of hydrogen-bond donors (Lipinski definition) is 3. The maximum atomic E-state index is 9.15. The van der Waals surface area contributed by atoms with E-state index in [0.717, 1.165) is 25.3 Å². The Morgan fingerprint density at radius 1 is 1.32 bits per heavy atom. The normalized spacial score (nSPS) is 30.0. The third-order valence-corrected chi connectivity index (χ3v) is 4.87. The van der Waals surface area contributed by atoms with Gasteiger partial charge in [0, 0.05) is 24.7 Å². The van der Waals surface area contributed by atoms with Gasteiger partial charge in [-0.05, 0) is 38.0 Å². The first-order valence-electron chi connectivity index (χ1n) is 8.28. The van der Waals surface area contributed by atoms with Crippen molar-refractivity contribution in [3.8, 4) is 0 Å². The molecular formula is C16H34N2O. The van der Waals surface area contributed by atoms with Crippen LogP contribution in [0.15, 0.2) is 0 Å². The van der Waals surface area contributed by atoms with Crippen LogP contribution in [0.25, 0.3) is 0 Å². The molecule has 1 fully saturated rings. The van der Waals surface area contributed by atoms with Gasteiger partial charge in [-0.1, -0.05) is 39.5 Å². The second kappa shape index (κ2) is 8.93.